The van der Waals surface area contributed by atoms with Gasteiger partial charge in [0.25, 0.3) is 11.8 Å². The number of hydrogen-bond acceptors (Lipinski definition) is 13. The van der Waals surface area contributed by atoms with Crippen molar-refractivity contribution in [1.29, 1.82) is 0 Å². The van der Waals surface area contributed by atoms with Crippen LogP contribution in [0.5, 0.6) is 0 Å². The first-order chi connectivity index (χ1) is 24.4. The number of unbranched alkanes of at least 4 members (excludes halogenated alkanes) is 1. The Hall–Kier alpha value is -3.47. The second kappa shape index (κ2) is 23.8. The molecular formula is C35H53N3O12. The van der Waals surface area contributed by atoms with Crippen LogP contribution in [-0.4, -0.2) is 133 Å². The lowest BCUT2D eigenvalue weighted by molar-refractivity contribution is -0.150. The Kier molecular flexibility index (Phi) is 19.5. The van der Waals surface area contributed by atoms with Gasteiger partial charge in [0.15, 0.2) is 0 Å². The van der Waals surface area contributed by atoms with E-state index in [0.717, 1.165) is 30.6 Å². The summed E-state index contributed by atoms with van der Waals surface area (Å²) in [5.41, 5.74) is 0.904. The normalized spacial score (nSPS) is 16.4. The van der Waals surface area contributed by atoms with Gasteiger partial charge in [-0.15, -0.1) is 0 Å². The van der Waals surface area contributed by atoms with E-state index >= 15 is 0 Å². The Labute approximate surface area is 293 Å². The average molecular weight is 708 g/mol. The van der Waals surface area contributed by atoms with Gasteiger partial charge in [-0.3, -0.25) is 34.2 Å². The van der Waals surface area contributed by atoms with E-state index in [9.17, 15) is 24.0 Å². The number of anilines is 1. The quantitative estimate of drug-likeness (QED) is 0.0738. The molecule has 2 N–H and O–H groups in total. The zero-order chi connectivity index (χ0) is 36.0. The molecule has 1 saturated heterocycles. The molecule has 280 valence electrons. The van der Waals surface area contributed by atoms with Crippen LogP contribution in [0.25, 0.3) is 0 Å². The van der Waals surface area contributed by atoms with Crippen molar-refractivity contribution in [3.05, 3.63) is 29.3 Å². The SMILES string of the molecule is CCCCC(CC)C(=O)OCCOCCOCCOCCOCCOCCOCCNc1cccc2c1C(=O)N(C1CCC(=O)NC1=O)C2=O. The predicted molar refractivity (Wildman–Crippen MR) is 181 cm³/mol. The van der Waals surface area contributed by atoms with E-state index < -0.39 is 29.7 Å². The van der Waals surface area contributed by atoms with Gasteiger partial charge in [-0.1, -0.05) is 32.8 Å². The summed E-state index contributed by atoms with van der Waals surface area (Å²) in [6.07, 6.45) is 3.94. The molecule has 3 rings (SSSR count). The van der Waals surface area contributed by atoms with E-state index in [2.05, 4.69) is 17.6 Å². The number of rotatable bonds is 28. The maximum atomic E-state index is 13.1. The number of nitrogens with zero attached hydrogens (tertiary/aromatic N) is 1. The van der Waals surface area contributed by atoms with Gasteiger partial charge < -0.3 is 38.5 Å². The van der Waals surface area contributed by atoms with Crippen LogP contribution >= 0.6 is 0 Å². The number of esters is 1. The van der Waals surface area contributed by atoms with Gasteiger partial charge in [0, 0.05) is 18.7 Å². The lowest BCUT2D eigenvalue weighted by Gasteiger charge is -2.27. The Morgan fingerprint density at radius 1 is 0.800 bits per heavy atom. The van der Waals surface area contributed by atoms with Gasteiger partial charge in [-0.2, -0.15) is 0 Å². The molecule has 1 aromatic rings. The number of hydrogen-bond donors (Lipinski definition) is 2. The van der Waals surface area contributed by atoms with E-state index in [-0.39, 0.29) is 42.5 Å². The monoisotopic (exact) mass is 707 g/mol. The number of benzene rings is 1. The summed E-state index contributed by atoms with van der Waals surface area (Å²) >= 11 is 0. The minimum Gasteiger partial charge on any atom is -0.463 e. The summed E-state index contributed by atoms with van der Waals surface area (Å²) in [6, 6.07) is 3.90. The third-order valence-electron chi connectivity index (χ3n) is 8.09. The number of piperidine rings is 1. The standard InChI is InChI=1S/C35H53N3O12/c1-3-5-7-26(4-2)35(43)50-25-24-49-23-22-48-21-20-47-19-18-46-17-16-45-15-14-44-13-12-36-28-9-6-8-27-31(28)34(42)38(33(27)41)29-10-11-30(39)37-32(29)40/h6,8-9,26,29,36H,3-5,7,10-25H2,1-2H3,(H,37,39,40). The highest BCUT2D eigenvalue weighted by Gasteiger charge is 2.45. The first-order valence-electron chi connectivity index (χ1n) is 17.6. The molecule has 2 atom stereocenters. The summed E-state index contributed by atoms with van der Waals surface area (Å²) in [6.45, 7) is 9.67. The van der Waals surface area contributed by atoms with Gasteiger partial charge in [0.1, 0.15) is 12.6 Å². The summed E-state index contributed by atoms with van der Waals surface area (Å²) in [4.78, 5) is 62.8. The molecule has 15 heteroatoms. The van der Waals surface area contributed by atoms with Gasteiger partial charge in [-0.05, 0) is 31.4 Å². The van der Waals surface area contributed by atoms with Gasteiger partial charge in [0.2, 0.25) is 11.8 Å². The highest BCUT2D eigenvalue weighted by molar-refractivity contribution is 6.25. The molecule has 2 unspecified atom stereocenters. The molecule has 0 saturated carbocycles. The Morgan fingerprint density at radius 2 is 1.36 bits per heavy atom. The predicted octanol–water partition coefficient (Wildman–Crippen LogP) is 2.36. The summed E-state index contributed by atoms with van der Waals surface area (Å²) < 4.78 is 38.3. The number of amides is 4. The van der Waals surface area contributed by atoms with E-state index in [1.165, 1.54) is 0 Å². The third-order valence-corrected chi connectivity index (χ3v) is 8.09. The fourth-order valence-electron chi connectivity index (χ4n) is 5.38. The van der Waals surface area contributed by atoms with Crippen LogP contribution in [0, 0.1) is 5.92 Å². The molecule has 1 fully saturated rings. The Morgan fingerprint density at radius 3 is 1.90 bits per heavy atom. The molecule has 0 bridgehead atoms. The molecule has 0 spiro atoms. The Balaban J connectivity index is 1.09. The van der Waals surface area contributed by atoms with Crippen LogP contribution in [0.15, 0.2) is 18.2 Å². The smallest absolute Gasteiger partial charge is 0.308 e. The van der Waals surface area contributed by atoms with Crippen LogP contribution < -0.4 is 10.6 Å². The number of fused-ring (bicyclic) bond motifs is 1. The van der Waals surface area contributed by atoms with Crippen molar-refractivity contribution < 1.29 is 57.1 Å². The van der Waals surface area contributed by atoms with Crippen LogP contribution in [-0.2, 0) is 47.5 Å². The zero-order valence-corrected chi connectivity index (χ0v) is 29.4. The zero-order valence-electron chi connectivity index (χ0n) is 29.4. The maximum Gasteiger partial charge on any atom is 0.308 e. The fraction of sp³-hybridized carbons (Fsp3) is 0.686. The maximum absolute atomic E-state index is 13.1. The summed E-state index contributed by atoms with van der Waals surface area (Å²) in [5.74, 6) is -2.33. The van der Waals surface area contributed by atoms with Crippen LogP contribution in [0.4, 0.5) is 5.69 Å². The first-order valence-corrected chi connectivity index (χ1v) is 17.6. The van der Waals surface area contributed by atoms with E-state index in [1.807, 2.05) is 6.92 Å². The highest BCUT2D eigenvalue weighted by Crippen LogP contribution is 2.32. The molecule has 2 heterocycles. The molecule has 1 aromatic carbocycles. The molecule has 4 amide bonds. The third kappa shape index (κ3) is 13.7. The van der Waals surface area contributed by atoms with Crippen LogP contribution in [0.3, 0.4) is 0 Å². The molecule has 50 heavy (non-hydrogen) atoms. The van der Waals surface area contributed by atoms with Crippen molar-refractivity contribution in [1.82, 2.24) is 10.2 Å². The van der Waals surface area contributed by atoms with Crippen molar-refractivity contribution in [2.24, 2.45) is 5.92 Å². The first kappa shape index (κ1) is 41.0. The highest BCUT2D eigenvalue weighted by atomic mass is 16.6. The second-order valence-corrected chi connectivity index (χ2v) is 11.7. The number of nitrogens with one attached hydrogen (secondary N) is 2. The van der Waals surface area contributed by atoms with Gasteiger partial charge in [0.05, 0.1) is 96.3 Å². The second-order valence-electron chi connectivity index (χ2n) is 11.7. The molecule has 2 aliphatic rings. The fourth-order valence-corrected chi connectivity index (χ4v) is 5.38. The lowest BCUT2D eigenvalue weighted by atomic mass is 10.00. The van der Waals surface area contributed by atoms with E-state index in [0.29, 0.717) is 91.5 Å². The number of carbonyl (C=O) groups excluding carboxylic acids is 5. The topological polar surface area (TPSA) is 177 Å². The molecule has 2 aliphatic heterocycles. The molecule has 15 nitrogen and oxygen atoms in total. The van der Waals surface area contributed by atoms with Gasteiger partial charge >= 0.3 is 5.97 Å². The minimum atomic E-state index is -1.01. The summed E-state index contributed by atoms with van der Waals surface area (Å²) in [5, 5.41) is 5.32. The van der Waals surface area contributed by atoms with Crippen LogP contribution in [0.2, 0.25) is 0 Å². The largest absolute Gasteiger partial charge is 0.463 e. The van der Waals surface area contributed by atoms with Gasteiger partial charge in [-0.25, -0.2) is 0 Å². The molecule has 0 aromatic heterocycles. The molecular weight excluding hydrogens is 654 g/mol. The van der Waals surface area contributed by atoms with Crippen molar-refractivity contribution >= 4 is 35.3 Å². The van der Waals surface area contributed by atoms with E-state index in [1.54, 1.807) is 18.2 Å². The average Bonchev–Trinajstić information content (AvgIpc) is 3.36. The number of ether oxygens (including phenoxy) is 7. The van der Waals surface area contributed by atoms with Crippen molar-refractivity contribution in [2.45, 2.75) is 58.4 Å². The summed E-state index contributed by atoms with van der Waals surface area (Å²) in [7, 11) is 0. The van der Waals surface area contributed by atoms with Crippen molar-refractivity contribution in [3.63, 3.8) is 0 Å². The number of imide groups is 2. The lowest BCUT2D eigenvalue weighted by Crippen LogP contribution is -2.54. The minimum absolute atomic E-state index is 0.0227. The van der Waals surface area contributed by atoms with Crippen LogP contribution in [0.1, 0.15) is 73.1 Å². The Bertz CT molecular complexity index is 1230. The molecule has 0 radical (unpaired) electrons. The van der Waals surface area contributed by atoms with Crippen molar-refractivity contribution in [2.75, 3.05) is 97.8 Å². The van der Waals surface area contributed by atoms with E-state index in [4.69, 9.17) is 33.2 Å². The number of carbonyl (C=O) groups is 5. The molecule has 0 aliphatic carbocycles. The van der Waals surface area contributed by atoms with Crippen molar-refractivity contribution in [3.8, 4) is 0 Å².